The van der Waals surface area contributed by atoms with Gasteiger partial charge in [0.2, 0.25) is 29.1 Å². The molecule has 0 N–H and O–H groups in total. The fourth-order valence-electron chi connectivity index (χ4n) is 6.38. The van der Waals surface area contributed by atoms with Crippen molar-refractivity contribution < 1.29 is 79.3 Å². The van der Waals surface area contributed by atoms with Gasteiger partial charge in [-0.25, -0.2) is 85.8 Å². The molecule has 0 unspecified atom stereocenters. The van der Waals surface area contributed by atoms with Gasteiger partial charge in [0.15, 0.2) is 87.2 Å². The van der Waals surface area contributed by atoms with Crippen LogP contribution < -0.4 is 15.6 Å². The number of nitrogens with zero attached hydrogens (tertiary/aromatic N) is 6. The molecule has 0 amide bonds. The Bertz CT molecular complexity index is 3090. The molecule has 5 heterocycles. The summed E-state index contributed by atoms with van der Waals surface area (Å²) < 4.78 is 260. The van der Waals surface area contributed by atoms with E-state index in [1.54, 1.807) is 0 Å². The summed E-state index contributed by atoms with van der Waals surface area (Å²) in [7, 11) is -3.10. The average molecular weight is 794 g/mol. The Morgan fingerprint density at radius 2 is 0.673 bits per heavy atom. The first-order chi connectivity index (χ1) is 25.9. The highest BCUT2D eigenvalue weighted by atomic mass is 19.2. The van der Waals surface area contributed by atoms with Crippen molar-refractivity contribution in [3.05, 3.63) is 121 Å². The van der Waals surface area contributed by atoms with E-state index in [2.05, 4.69) is 20.0 Å². The highest BCUT2D eigenvalue weighted by molar-refractivity contribution is 6.52. The lowest BCUT2D eigenvalue weighted by atomic mass is 9.98. The van der Waals surface area contributed by atoms with Gasteiger partial charge in [-0.1, -0.05) is 0 Å². The Hall–Kier alpha value is -6.43. The molecule has 0 spiro atoms. The Morgan fingerprint density at radius 1 is 0.327 bits per heavy atom. The zero-order chi connectivity index (χ0) is 39.6. The number of hydrogen-bond donors (Lipinski definition) is 0. The summed E-state index contributed by atoms with van der Waals surface area (Å²) in [6.07, 6.45) is 0. The van der Waals surface area contributed by atoms with E-state index in [9.17, 15) is 39.5 Å². The van der Waals surface area contributed by atoms with E-state index in [1.807, 2.05) is 0 Å². The van der Waals surface area contributed by atoms with Gasteiger partial charge in [0.25, 0.3) is 0 Å². The maximum absolute atomic E-state index is 15.7. The van der Waals surface area contributed by atoms with Crippen LogP contribution in [0.2, 0.25) is 0 Å². The van der Waals surface area contributed by atoms with E-state index in [4.69, 9.17) is 4.65 Å². The molecule has 2 aromatic heterocycles. The molecule has 0 radical (unpaired) electrons. The smallest absolute Gasteiger partial charge is 0.518 e. The lowest BCUT2D eigenvalue weighted by molar-refractivity contribution is 0.344. The number of halogens is 17. The highest BCUT2D eigenvalue weighted by Crippen LogP contribution is 2.46. The lowest BCUT2D eigenvalue weighted by Crippen LogP contribution is -2.52. The quantitative estimate of drug-likeness (QED) is 0.0795. The summed E-state index contributed by atoms with van der Waals surface area (Å²) >= 11 is 0. The van der Waals surface area contributed by atoms with Gasteiger partial charge in [0.05, 0.1) is 32.7 Å². The van der Waals surface area contributed by atoms with E-state index in [1.165, 1.54) is 0 Å². The predicted octanol–water partition coefficient (Wildman–Crippen LogP) is 7.16. The molecule has 0 saturated heterocycles. The van der Waals surface area contributed by atoms with Crippen LogP contribution in [-0.4, -0.2) is 27.8 Å². The van der Waals surface area contributed by atoms with Crippen molar-refractivity contribution in [1.29, 1.82) is 0 Å². The van der Waals surface area contributed by atoms with E-state index >= 15 is 35.1 Å². The van der Waals surface area contributed by atoms with Gasteiger partial charge in [-0.3, -0.25) is 8.96 Å². The second kappa shape index (κ2) is 10.8. The maximum atomic E-state index is 15.7. The minimum absolute atomic E-state index is 0.0408. The fraction of sp³-hybridized carbons (Fsp3) is 0. The van der Waals surface area contributed by atoms with Crippen molar-refractivity contribution in [3.8, 4) is 5.75 Å². The molecule has 7 nitrogen and oxygen atoms in total. The summed E-state index contributed by atoms with van der Waals surface area (Å²) in [4.78, 5) is 14.5. The third-order valence-electron chi connectivity index (χ3n) is 8.74. The average Bonchev–Trinajstić information content (AvgIpc) is 3.80. The number of aromatic nitrogens is 2. The van der Waals surface area contributed by atoms with Crippen LogP contribution in [0.3, 0.4) is 0 Å². The number of aliphatic imine (C=N–C) groups is 2. The van der Waals surface area contributed by atoms with E-state index in [0.717, 1.165) is 0 Å². The number of hydrogen-bond acceptors (Lipinski definition) is 5. The summed E-state index contributed by atoms with van der Waals surface area (Å²) in [5.74, 6) is -52.3. The van der Waals surface area contributed by atoms with Crippen LogP contribution in [0.4, 0.5) is 86.3 Å². The van der Waals surface area contributed by atoms with Crippen molar-refractivity contribution in [3.63, 3.8) is 0 Å². The van der Waals surface area contributed by atoms with Crippen molar-refractivity contribution in [1.82, 2.24) is 8.96 Å². The molecule has 0 saturated carbocycles. The topological polar surface area (TPSA) is 68.5 Å². The van der Waals surface area contributed by atoms with Gasteiger partial charge in [0.1, 0.15) is 22.6 Å². The summed E-state index contributed by atoms with van der Waals surface area (Å²) in [6, 6.07) is 0. The van der Waals surface area contributed by atoms with E-state index < -0.39 is 179 Å². The van der Waals surface area contributed by atoms with Gasteiger partial charge in [0, 0.05) is 0 Å². The molecule has 25 heteroatoms. The molecule has 6 aromatic rings. The molecular weight excluding hydrogens is 794 g/mol. The zero-order valence-corrected chi connectivity index (χ0v) is 25.1. The van der Waals surface area contributed by atoms with Crippen molar-refractivity contribution in [2.75, 3.05) is 0 Å². The molecule has 4 bridgehead atoms. The van der Waals surface area contributed by atoms with Crippen molar-refractivity contribution in [2.45, 2.75) is 0 Å². The second-order valence-electron chi connectivity index (χ2n) is 11.5. The molecule has 0 fully saturated rings. The first-order valence-corrected chi connectivity index (χ1v) is 14.4. The third-order valence-corrected chi connectivity index (χ3v) is 8.74. The van der Waals surface area contributed by atoms with Crippen LogP contribution in [0.5, 0.6) is 5.75 Å². The summed E-state index contributed by atoms with van der Waals surface area (Å²) in [6.45, 7) is 0. The standard InChI is InChI=1S/C30BF17N6O/c32-7-1-2(8(33)14(39)13(7)38)26-49-25(1)50-27-3-5(11(36)17(42)15(40)9(3)34)29-52-30-6-4(10(35)16(41)18(43)12(6)37)28(51-26)54(30)31(53(27)29)55-24-22(47)20(45)19(44)21(46)23(24)48. The van der Waals surface area contributed by atoms with Crippen LogP contribution in [0, 0.1) is 98.9 Å². The fourth-order valence-corrected chi connectivity index (χ4v) is 6.38. The van der Waals surface area contributed by atoms with Crippen molar-refractivity contribution >= 4 is 52.0 Å². The van der Waals surface area contributed by atoms with Crippen LogP contribution in [0.15, 0.2) is 20.0 Å². The molecule has 278 valence electrons. The highest BCUT2D eigenvalue weighted by Gasteiger charge is 2.46. The molecule has 9 rings (SSSR count). The Morgan fingerprint density at radius 3 is 1.15 bits per heavy atom. The van der Waals surface area contributed by atoms with E-state index in [-0.39, 0.29) is 8.96 Å². The first kappa shape index (κ1) is 34.3. The molecule has 3 aliphatic heterocycles. The second-order valence-corrected chi connectivity index (χ2v) is 11.5. The Labute approximate surface area is 287 Å². The summed E-state index contributed by atoms with van der Waals surface area (Å²) in [5.41, 5.74) is -6.10. The minimum Gasteiger partial charge on any atom is -0.518 e. The van der Waals surface area contributed by atoms with Gasteiger partial charge in [-0.05, 0) is 0 Å². The predicted molar refractivity (Wildman–Crippen MR) is 148 cm³/mol. The zero-order valence-electron chi connectivity index (χ0n) is 25.1. The van der Waals surface area contributed by atoms with Gasteiger partial charge >= 0.3 is 7.19 Å². The normalized spacial score (nSPS) is 14.0. The molecule has 55 heavy (non-hydrogen) atoms. The van der Waals surface area contributed by atoms with Crippen LogP contribution in [0.25, 0.3) is 21.5 Å². The van der Waals surface area contributed by atoms with Crippen molar-refractivity contribution in [2.24, 2.45) is 20.0 Å². The Balaban J connectivity index is 1.60. The number of fused-ring (bicyclic) bond motifs is 10. The Kier molecular flexibility index (Phi) is 6.77. The summed E-state index contributed by atoms with van der Waals surface area (Å²) in [5, 5.41) is -6.52. The lowest BCUT2D eigenvalue weighted by Gasteiger charge is -2.23. The van der Waals surface area contributed by atoms with Crippen LogP contribution >= 0.6 is 0 Å². The minimum atomic E-state index is -3.10. The molecule has 3 aliphatic rings. The molecule has 0 atom stereocenters. The number of amidine groups is 2. The first-order valence-electron chi connectivity index (χ1n) is 14.4. The monoisotopic (exact) mass is 794 g/mol. The molecule has 4 aromatic carbocycles. The van der Waals surface area contributed by atoms with Crippen LogP contribution in [-0.2, 0) is 0 Å². The van der Waals surface area contributed by atoms with Gasteiger partial charge in [-0.15, -0.1) is 0 Å². The van der Waals surface area contributed by atoms with Gasteiger partial charge < -0.3 is 4.65 Å². The maximum Gasteiger partial charge on any atom is 0.633 e. The third kappa shape index (κ3) is 3.98. The largest absolute Gasteiger partial charge is 0.633 e. The number of benzene rings is 4. The van der Waals surface area contributed by atoms with Crippen LogP contribution in [0.1, 0.15) is 11.1 Å². The van der Waals surface area contributed by atoms with E-state index in [0.29, 0.717) is 0 Å². The molecule has 0 aliphatic carbocycles. The number of rotatable bonds is 2. The van der Waals surface area contributed by atoms with Gasteiger partial charge in [-0.2, -0.15) is 8.78 Å². The molecular formula is C30BF17N6O. The SMILES string of the molecule is Fc1c(F)c(F)c(OB2n3c4c5c(F)c(F)c(F)c(F)c5c3N=c3c5c(F)c(F)c(F)c(F)c5c(n32)=NC2=NC(=N4)c3c(F)c(F)c(F)c(F)c32)c(F)c1F.